The second-order valence-electron chi connectivity index (χ2n) is 13.4. The van der Waals surface area contributed by atoms with Crippen LogP contribution in [0, 0.1) is 0 Å². The molecular weight excluding hydrogens is 689 g/mol. The molecule has 0 N–H and O–H groups in total. The highest BCUT2D eigenvalue weighted by molar-refractivity contribution is 7.24. The second kappa shape index (κ2) is 14.0. The van der Waals surface area contributed by atoms with Gasteiger partial charge in [-0.25, -0.2) is 19.9 Å². The molecule has 0 radical (unpaired) electrons. The SMILES string of the molecule is c1ccc(-c2nc(-c3ccccc3)nc(-c3cccc(-c4ccc5c(c4)nc(-c4ccccc4)c4c(-c6ccccc6)c(-c6ccccc6)sc45)c3)n2)cc1. The molecule has 10 aromatic rings. The zero-order valence-corrected chi connectivity index (χ0v) is 30.5. The van der Waals surface area contributed by atoms with E-state index in [1.807, 2.05) is 72.0 Å². The first-order valence-corrected chi connectivity index (χ1v) is 19.1. The van der Waals surface area contributed by atoms with Crippen LogP contribution in [0.3, 0.4) is 0 Å². The summed E-state index contributed by atoms with van der Waals surface area (Å²) in [6.07, 6.45) is 0. The fourth-order valence-corrected chi connectivity index (χ4v) is 8.64. The lowest BCUT2D eigenvalue weighted by Gasteiger charge is -2.12. The topological polar surface area (TPSA) is 51.6 Å². The van der Waals surface area contributed by atoms with E-state index in [9.17, 15) is 0 Å². The number of thiophene rings is 1. The lowest BCUT2D eigenvalue weighted by atomic mass is 9.94. The Balaban J connectivity index is 1.15. The summed E-state index contributed by atoms with van der Waals surface area (Å²) in [5, 5.41) is 2.32. The zero-order valence-electron chi connectivity index (χ0n) is 29.7. The third kappa shape index (κ3) is 6.17. The van der Waals surface area contributed by atoms with Crippen molar-refractivity contribution in [1.29, 1.82) is 0 Å². The Bertz CT molecular complexity index is 2890. The Hall–Kier alpha value is -7.08. The summed E-state index contributed by atoms with van der Waals surface area (Å²) in [6, 6.07) is 67.3. The van der Waals surface area contributed by atoms with Gasteiger partial charge in [-0.2, -0.15) is 0 Å². The minimum absolute atomic E-state index is 0.627. The van der Waals surface area contributed by atoms with Crippen LogP contribution < -0.4 is 0 Å². The maximum atomic E-state index is 5.50. The molecule has 3 aromatic heterocycles. The minimum Gasteiger partial charge on any atom is -0.247 e. The molecule has 4 nitrogen and oxygen atoms in total. The fraction of sp³-hybridized carbons (Fsp3) is 0. The van der Waals surface area contributed by atoms with Crippen LogP contribution in [-0.4, -0.2) is 19.9 Å². The van der Waals surface area contributed by atoms with E-state index in [4.69, 9.17) is 19.9 Å². The van der Waals surface area contributed by atoms with Gasteiger partial charge in [-0.3, -0.25) is 0 Å². The Morgan fingerprint density at radius 2 is 0.782 bits per heavy atom. The zero-order chi connectivity index (χ0) is 36.6. The number of fused-ring (bicyclic) bond motifs is 3. The van der Waals surface area contributed by atoms with Gasteiger partial charge in [0.25, 0.3) is 0 Å². The highest BCUT2D eigenvalue weighted by Gasteiger charge is 2.23. The lowest BCUT2D eigenvalue weighted by molar-refractivity contribution is 1.07. The van der Waals surface area contributed by atoms with E-state index in [1.54, 1.807) is 0 Å². The van der Waals surface area contributed by atoms with E-state index in [-0.39, 0.29) is 0 Å². The highest BCUT2D eigenvalue weighted by Crippen LogP contribution is 2.50. The first kappa shape index (κ1) is 32.6. The van der Waals surface area contributed by atoms with Crippen molar-refractivity contribution in [2.75, 3.05) is 0 Å². The van der Waals surface area contributed by atoms with Crippen LogP contribution in [0.1, 0.15) is 0 Å². The Kier molecular flexibility index (Phi) is 8.32. The molecule has 0 bridgehead atoms. The molecule has 258 valence electrons. The summed E-state index contributed by atoms with van der Waals surface area (Å²) >= 11 is 1.85. The van der Waals surface area contributed by atoms with Crippen molar-refractivity contribution in [2.24, 2.45) is 0 Å². The minimum atomic E-state index is 0.627. The number of pyridine rings is 1. The lowest BCUT2D eigenvalue weighted by Crippen LogP contribution is -2.00. The molecule has 0 aliphatic rings. The first-order chi connectivity index (χ1) is 27.3. The van der Waals surface area contributed by atoms with Crippen molar-refractivity contribution in [1.82, 2.24) is 19.9 Å². The van der Waals surface area contributed by atoms with E-state index < -0.39 is 0 Å². The maximum absolute atomic E-state index is 5.50. The standard InChI is InChI=1S/C50H32N4S/c1-6-17-33(18-7-1)43-44-45(34-19-8-2-9-20-34)51-42-32-39(29-30-41(42)47(44)55-46(43)35-21-10-3-11-22-35)38-27-16-28-40(31-38)50-53-48(36-23-12-4-13-24-36)52-49(54-50)37-25-14-5-15-26-37/h1-32H. The summed E-state index contributed by atoms with van der Waals surface area (Å²) in [6.45, 7) is 0. The summed E-state index contributed by atoms with van der Waals surface area (Å²) in [4.78, 5) is 21.6. The van der Waals surface area contributed by atoms with Crippen LogP contribution in [0.2, 0.25) is 0 Å². The van der Waals surface area contributed by atoms with Gasteiger partial charge >= 0.3 is 0 Å². The maximum Gasteiger partial charge on any atom is 0.164 e. The van der Waals surface area contributed by atoms with E-state index in [0.29, 0.717) is 17.5 Å². The first-order valence-electron chi connectivity index (χ1n) is 18.3. The van der Waals surface area contributed by atoms with Crippen molar-refractivity contribution in [2.45, 2.75) is 0 Å². The van der Waals surface area contributed by atoms with E-state index >= 15 is 0 Å². The average Bonchev–Trinajstić information content (AvgIpc) is 3.68. The molecule has 5 heteroatoms. The molecule has 0 saturated carbocycles. The molecule has 0 amide bonds. The van der Waals surface area contributed by atoms with E-state index in [1.165, 1.54) is 31.7 Å². The van der Waals surface area contributed by atoms with Gasteiger partial charge in [0.15, 0.2) is 17.5 Å². The molecule has 55 heavy (non-hydrogen) atoms. The van der Waals surface area contributed by atoms with Crippen molar-refractivity contribution in [3.05, 3.63) is 194 Å². The second-order valence-corrected chi connectivity index (χ2v) is 14.4. The molecule has 7 aromatic carbocycles. The van der Waals surface area contributed by atoms with Gasteiger partial charge in [-0.15, -0.1) is 11.3 Å². The van der Waals surface area contributed by atoms with Gasteiger partial charge in [0.05, 0.1) is 11.2 Å². The van der Waals surface area contributed by atoms with Crippen molar-refractivity contribution >= 4 is 32.3 Å². The van der Waals surface area contributed by atoms with E-state index in [2.05, 4.69) is 133 Å². The van der Waals surface area contributed by atoms with Crippen LogP contribution in [0.15, 0.2) is 194 Å². The molecule has 0 atom stereocenters. The van der Waals surface area contributed by atoms with Crippen molar-refractivity contribution < 1.29 is 0 Å². The molecule has 3 heterocycles. The summed E-state index contributed by atoms with van der Waals surface area (Å²) in [7, 11) is 0. The summed E-state index contributed by atoms with van der Waals surface area (Å²) in [5.74, 6) is 1.91. The van der Waals surface area contributed by atoms with Gasteiger partial charge in [0.2, 0.25) is 0 Å². The van der Waals surface area contributed by atoms with Crippen LogP contribution in [-0.2, 0) is 0 Å². The molecule has 0 saturated heterocycles. The quantitative estimate of drug-likeness (QED) is 0.164. The predicted molar refractivity (Wildman–Crippen MR) is 229 cm³/mol. The Labute approximate surface area is 323 Å². The van der Waals surface area contributed by atoms with Crippen molar-refractivity contribution in [3.8, 4) is 78.1 Å². The van der Waals surface area contributed by atoms with Gasteiger partial charge < -0.3 is 0 Å². The number of hydrogen-bond donors (Lipinski definition) is 0. The molecular formula is C50H32N4S. The number of benzene rings is 7. The molecule has 10 rings (SSSR count). The predicted octanol–water partition coefficient (Wildman–Crippen LogP) is 13.3. The molecule has 0 aliphatic carbocycles. The smallest absolute Gasteiger partial charge is 0.164 e. The monoisotopic (exact) mass is 720 g/mol. The largest absolute Gasteiger partial charge is 0.247 e. The number of hydrogen-bond acceptors (Lipinski definition) is 5. The number of rotatable bonds is 7. The third-order valence-corrected chi connectivity index (χ3v) is 11.2. The number of aromatic nitrogens is 4. The fourth-order valence-electron chi connectivity index (χ4n) is 7.27. The molecule has 0 spiro atoms. The van der Waals surface area contributed by atoms with Gasteiger partial charge in [-0.1, -0.05) is 182 Å². The Morgan fingerprint density at radius 1 is 0.327 bits per heavy atom. The van der Waals surface area contributed by atoms with Gasteiger partial charge in [-0.05, 0) is 34.4 Å². The summed E-state index contributed by atoms with van der Waals surface area (Å²) in [5.41, 5.74) is 11.6. The highest BCUT2D eigenvalue weighted by atomic mass is 32.1. The van der Waals surface area contributed by atoms with Gasteiger partial charge in [0, 0.05) is 48.2 Å². The number of nitrogens with zero attached hydrogens (tertiary/aromatic N) is 4. The third-order valence-electron chi connectivity index (χ3n) is 9.92. The average molecular weight is 721 g/mol. The normalized spacial score (nSPS) is 11.3. The van der Waals surface area contributed by atoms with Crippen LogP contribution in [0.5, 0.6) is 0 Å². The van der Waals surface area contributed by atoms with E-state index in [0.717, 1.165) is 50.0 Å². The molecule has 0 fully saturated rings. The summed E-state index contributed by atoms with van der Waals surface area (Å²) < 4.78 is 1.23. The molecule has 0 aliphatic heterocycles. The Morgan fingerprint density at radius 3 is 1.36 bits per heavy atom. The van der Waals surface area contributed by atoms with Crippen LogP contribution in [0.4, 0.5) is 0 Å². The van der Waals surface area contributed by atoms with Crippen LogP contribution in [0.25, 0.3) is 99.1 Å². The van der Waals surface area contributed by atoms with Gasteiger partial charge in [0.1, 0.15) is 0 Å². The van der Waals surface area contributed by atoms with Crippen LogP contribution >= 0.6 is 11.3 Å². The van der Waals surface area contributed by atoms with Crippen molar-refractivity contribution in [3.63, 3.8) is 0 Å². The molecule has 0 unspecified atom stereocenters.